The number of benzene rings is 2. The first kappa shape index (κ1) is 16.6. The molecule has 0 saturated heterocycles. The van der Waals surface area contributed by atoms with E-state index in [2.05, 4.69) is 10.9 Å². The number of hydrogen-bond donors (Lipinski definition) is 2. The van der Waals surface area contributed by atoms with Crippen LogP contribution in [0.1, 0.15) is 11.1 Å². The van der Waals surface area contributed by atoms with Crippen LogP contribution < -0.4 is 15.6 Å². The van der Waals surface area contributed by atoms with Crippen LogP contribution in [0.5, 0.6) is 5.75 Å². The summed E-state index contributed by atoms with van der Waals surface area (Å²) in [6, 6.07) is 14.8. The fourth-order valence-corrected chi connectivity index (χ4v) is 2.39. The first-order valence-corrected chi connectivity index (χ1v) is 7.84. The molecule has 2 N–H and O–H groups in total. The highest BCUT2D eigenvalue weighted by Gasteiger charge is 2.11. The molecule has 1 heterocycles. The number of aryl methyl sites for hydroxylation is 1. The van der Waals surface area contributed by atoms with Crippen LogP contribution in [0, 0.1) is 6.92 Å². The van der Waals surface area contributed by atoms with Gasteiger partial charge in [-0.3, -0.25) is 20.4 Å². The van der Waals surface area contributed by atoms with Crippen LogP contribution in [-0.4, -0.2) is 18.4 Å². The fraction of sp³-hybridized carbons (Fsp3) is 0.158. The molecule has 6 heteroatoms. The Balaban J connectivity index is 1.49. The fourth-order valence-electron chi connectivity index (χ4n) is 2.39. The first-order chi connectivity index (χ1) is 12.1. The summed E-state index contributed by atoms with van der Waals surface area (Å²) >= 11 is 0. The van der Waals surface area contributed by atoms with E-state index in [0.29, 0.717) is 5.75 Å². The molecule has 6 nitrogen and oxygen atoms in total. The lowest BCUT2D eigenvalue weighted by Gasteiger charge is -2.08. The molecule has 3 aromatic rings. The highest BCUT2D eigenvalue weighted by molar-refractivity contribution is 5.89. The highest BCUT2D eigenvalue weighted by Crippen LogP contribution is 2.22. The Hall–Kier alpha value is -3.28. The number of fused-ring (bicyclic) bond motifs is 1. The van der Waals surface area contributed by atoms with Crippen LogP contribution in [0.25, 0.3) is 11.0 Å². The van der Waals surface area contributed by atoms with Gasteiger partial charge in [-0.05, 0) is 31.2 Å². The van der Waals surface area contributed by atoms with E-state index < -0.39 is 5.91 Å². The van der Waals surface area contributed by atoms with Gasteiger partial charge in [0.15, 0.2) is 6.61 Å². The van der Waals surface area contributed by atoms with Crippen molar-refractivity contribution < 1.29 is 18.7 Å². The molecule has 1 aromatic heterocycles. The molecule has 0 spiro atoms. The second-order valence-corrected chi connectivity index (χ2v) is 5.64. The van der Waals surface area contributed by atoms with Gasteiger partial charge in [0, 0.05) is 10.9 Å². The van der Waals surface area contributed by atoms with Crippen LogP contribution in [0.15, 0.2) is 59.2 Å². The van der Waals surface area contributed by atoms with Crippen molar-refractivity contribution in [3.8, 4) is 5.75 Å². The summed E-state index contributed by atoms with van der Waals surface area (Å²) in [5.74, 6) is -0.188. The zero-order valence-corrected chi connectivity index (χ0v) is 13.7. The number of ether oxygens (including phenoxy) is 1. The van der Waals surface area contributed by atoms with E-state index in [-0.39, 0.29) is 18.9 Å². The van der Waals surface area contributed by atoms with Crippen molar-refractivity contribution in [3.63, 3.8) is 0 Å². The molecule has 0 aliphatic rings. The molecule has 0 bridgehead atoms. The average molecular weight is 338 g/mol. The number of carbonyl (C=O) groups excluding carboxylic acids is 2. The van der Waals surface area contributed by atoms with E-state index in [4.69, 9.17) is 9.15 Å². The normalized spacial score (nSPS) is 10.4. The van der Waals surface area contributed by atoms with Crippen molar-refractivity contribution in [3.05, 3.63) is 65.9 Å². The van der Waals surface area contributed by atoms with E-state index in [1.54, 1.807) is 18.4 Å². The summed E-state index contributed by atoms with van der Waals surface area (Å²) in [6.07, 6.45) is 1.67. The lowest BCUT2D eigenvalue weighted by atomic mass is 10.1. The SMILES string of the molecule is Cc1ccc2occ(CC(=O)NNC(=O)COc3ccccc3)c2c1. The lowest BCUT2D eigenvalue weighted by molar-refractivity contribution is -0.129. The van der Waals surface area contributed by atoms with Crippen LogP contribution in [0.2, 0.25) is 0 Å². The van der Waals surface area contributed by atoms with Crippen LogP contribution in [0.4, 0.5) is 0 Å². The van der Waals surface area contributed by atoms with Gasteiger partial charge in [0.2, 0.25) is 5.91 Å². The van der Waals surface area contributed by atoms with E-state index in [9.17, 15) is 9.59 Å². The summed E-state index contributed by atoms with van der Waals surface area (Å²) in [4.78, 5) is 23.7. The number of carbonyl (C=O) groups is 2. The minimum Gasteiger partial charge on any atom is -0.484 e. The van der Waals surface area contributed by atoms with Gasteiger partial charge in [-0.15, -0.1) is 0 Å². The summed E-state index contributed by atoms with van der Waals surface area (Å²) in [5, 5.41) is 0.897. The van der Waals surface area contributed by atoms with Crippen molar-refractivity contribution in [1.29, 1.82) is 0 Å². The van der Waals surface area contributed by atoms with E-state index in [1.807, 2.05) is 43.3 Å². The molecular weight excluding hydrogens is 320 g/mol. The monoisotopic (exact) mass is 338 g/mol. The maximum atomic E-state index is 12.0. The number of hydrogen-bond acceptors (Lipinski definition) is 4. The van der Waals surface area contributed by atoms with Crippen molar-refractivity contribution >= 4 is 22.8 Å². The molecule has 0 unspecified atom stereocenters. The third kappa shape index (κ3) is 4.38. The van der Waals surface area contributed by atoms with Gasteiger partial charge in [0.05, 0.1) is 12.7 Å². The lowest BCUT2D eigenvalue weighted by Crippen LogP contribution is -2.44. The number of amides is 2. The quantitative estimate of drug-likeness (QED) is 0.701. The summed E-state index contributed by atoms with van der Waals surface area (Å²) in [6.45, 7) is 1.79. The Labute approximate surface area is 144 Å². The van der Waals surface area contributed by atoms with Crippen molar-refractivity contribution in [2.45, 2.75) is 13.3 Å². The molecular formula is C19H18N2O4. The molecule has 25 heavy (non-hydrogen) atoms. The zero-order chi connectivity index (χ0) is 17.6. The molecule has 128 valence electrons. The minimum atomic E-state index is -0.440. The third-order valence-electron chi connectivity index (χ3n) is 3.61. The van der Waals surface area contributed by atoms with Crippen LogP contribution in [0.3, 0.4) is 0 Å². The third-order valence-corrected chi connectivity index (χ3v) is 3.61. The van der Waals surface area contributed by atoms with E-state index in [0.717, 1.165) is 22.1 Å². The largest absolute Gasteiger partial charge is 0.484 e. The molecule has 0 aliphatic heterocycles. The number of hydrazine groups is 1. The number of furan rings is 1. The van der Waals surface area contributed by atoms with Crippen molar-refractivity contribution in [2.24, 2.45) is 0 Å². The van der Waals surface area contributed by atoms with E-state index in [1.165, 1.54) is 0 Å². The second-order valence-electron chi connectivity index (χ2n) is 5.64. The highest BCUT2D eigenvalue weighted by atomic mass is 16.5. The number of nitrogens with one attached hydrogen (secondary N) is 2. The average Bonchev–Trinajstić information content (AvgIpc) is 3.01. The van der Waals surface area contributed by atoms with Crippen LogP contribution >= 0.6 is 0 Å². The molecule has 2 amide bonds. The van der Waals surface area contributed by atoms with Crippen molar-refractivity contribution in [1.82, 2.24) is 10.9 Å². The van der Waals surface area contributed by atoms with Gasteiger partial charge < -0.3 is 9.15 Å². The van der Waals surface area contributed by atoms with Gasteiger partial charge in [0.1, 0.15) is 11.3 Å². The first-order valence-electron chi connectivity index (χ1n) is 7.84. The van der Waals surface area contributed by atoms with Gasteiger partial charge in [-0.2, -0.15) is 0 Å². The maximum Gasteiger partial charge on any atom is 0.276 e. The zero-order valence-electron chi connectivity index (χ0n) is 13.7. The molecule has 0 fully saturated rings. The van der Waals surface area contributed by atoms with Crippen molar-refractivity contribution in [2.75, 3.05) is 6.61 Å². The van der Waals surface area contributed by atoms with Gasteiger partial charge >= 0.3 is 0 Å². The Morgan fingerprint density at radius 1 is 1.04 bits per heavy atom. The number of para-hydroxylation sites is 1. The predicted molar refractivity (Wildman–Crippen MR) is 92.9 cm³/mol. The molecule has 0 atom stereocenters. The van der Waals surface area contributed by atoms with E-state index >= 15 is 0 Å². The van der Waals surface area contributed by atoms with Gasteiger partial charge in [-0.25, -0.2) is 0 Å². The van der Waals surface area contributed by atoms with Gasteiger partial charge in [-0.1, -0.05) is 29.8 Å². The summed E-state index contributed by atoms with van der Waals surface area (Å²) < 4.78 is 10.7. The summed E-state index contributed by atoms with van der Waals surface area (Å²) in [5.41, 5.74) is 7.29. The minimum absolute atomic E-state index is 0.107. The Kier molecular flexibility index (Phi) is 4.99. The molecule has 2 aromatic carbocycles. The summed E-state index contributed by atoms with van der Waals surface area (Å²) in [7, 11) is 0. The Morgan fingerprint density at radius 2 is 1.80 bits per heavy atom. The molecule has 0 saturated carbocycles. The maximum absolute atomic E-state index is 12.0. The molecule has 0 radical (unpaired) electrons. The molecule has 3 rings (SSSR count). The predicted octanol–water partition coefficient (Wildman–Crippen LogP) is 2.51. The molecule has 0 aliphatic carbocycles. The Morgan fingerprint density at radius 3 is 2.60 bits per heavy atom. The Bertz CT molecular complexity index is 887. The number of rotatable bonds is 5. The van der Waals surface area contributed by atoms with Crippen LogP contribution in [-0.2, 0) is 16.0 Å². The smallest absolute Gasteiger partial charge is 0.276 e. The second kappa shape index (κ2) is 7.53. The standard InChI is InChI=1S/C19H18N2O4/c1-13-7-8-17-16(9-13)14(11-25-17)10-18(22)20-21-19(23)12-24-15-5-3-2-4-6-15/h2-9,11H,10,12H2,1H3,(H,20,22)(H,21,23). The topological polar surface area (TPSA) is 80.6 Å². The van der Waals surface area contributed by atoms with Gasteiger partial charge in [0.25, 0.3) is 5.91 Å².